The van der Waals surface area contributed by atoms with Gasteiger partial charge in [-0.2, -0.15) is 5.26 Å². The average Bonchev–Trinajstić information content (AvgIpc) is 2.84. The van der Waals surface area contributed by atoms with E-state index in [0.717, 1.165) is 22.2 Å². The van der Waals surface area contributed by atoms with Gasteiger partial charge < -0.3 is 0 Å². The highest BCUT2D eigenvalue weighted by Gasteiger charge is 2.35. The Morgan fingerprint density at radius 2 is 2.04 bits per heavy atom. The minimum atomic E-state index is -0.350. The van der Waals surface area contributed by atoms with Gasteiger partial charge in [0.2, 0.25) is 0 Å². The van der Waals surface area contributed by atoms with Gasteiger partial charge in [-0.25, -0.2) is 0 Å². The summed E-state index contributed by atoms with van der Waals surface area (Å²) in [5.41, 5.74) is 1.87. The molecule has 1 aromatic carbocycles. The van der Waals surface area contributed by atoms with Crippen LogP contribution in [0, 0.1) is 11.3 Å². The molecule has 2 amide bonds. The van der Waals surface area contributed by atoms with Crippen molar-refractivity contribution >= 4 is 29.0 Å². The van der Waals surface area contributed by atoms with Gasteiger partial charge >= 0.3 is 0 Å². The Hall–Kier alpha value is -2.91. The summed E-state index contributed by atoms with van der Waals surface area (Å²) >= 11 is 0.897. The van der Waals surface area contributed by atoms with E-state index in [9.17, 15) is 9.59 Å². The van der Waals surface area contributed by atoms with Crippen LogP contribution in [0.3, 0.4) is 0 Å². The number of carbonyl (C=O) groups excluding carboxylic acids is 2. The number of rotatable bonds is 3. The van der Waals surface area contributed by atoms with Crippen molar-refractivity contribution in [1.29, 1.82) is 5.26 Å². The first-order valence-corrected chi connectivity index (χ1v) is 7.64. The third kappa shape index (κ3) is 3.15. The number of thioether (sulfide) groups is 1. The zero-order chi connectivity index (χ0) is 16.2. The fourth-order valence-corrected chi connectivity index (χ4v) is 3.02. The third-order valence-corrected chi connectivity index (χ3v) is 4.23. The second kappa shape index (κ2) is 6.46. The fraction of sp³-hybridized carbons (Fsp3) is 0.0588. The molecule has 2 aromatic rings. The van der Waals surface area contributed by atoms with E-state index in [2.05, 4.69) is 11.1 Å². The summed E-state index contributed by atoms with van der Waals surface area (Å²) in [5, 5.41) is 8.77. The van der Waals surface area contributed by atoms with Crippen molar-refractivity contribution in [3.63, 3.8) is 0 Å². The molecule has 0 saturated carbocycles. The Bertz CT molecular complexity index is 840. The molecule has 23 heavy (non-hydrogen) atoms. The number of carbonyl (C=O) groups is 2. The molecule has 0 aliphatic carbocycles. The van der Waals surface area contributed by atoms with E-state index in [1.807, 2.05) is 6.07 Å². The minimum absolute atomic E-state index is 0.0960. The van der Waals surface area contributed by atoms with Crippen LogP contribution in [-0.4, -0.2) is 21.0 Å². The molecular weight excluding hydrogens is 310 g/mol. The Kier molecular flexibility index (Phi) is 4.22. The van der Waals surface area contributed by atoms with Crippen molar-refractivity contribution in [3.05, 3.63) is 70.4 Å². The van der Waals surface area contributed by atoms with Crippen LogP contribution in [-0.2, 0) is 11.3 Å². The molecule has 0 N–H and O–H groups in total. The highest BCUT2D eigenvalue weighted by Crippen LogP contribution is 2.33. The molecule has 5 nitrogen and oxygen atoms in total. The zero-order valence-corrected chi connectivity index (χ0v) is 12.8. The third-order valence-electron chi connectivity index (χ3n) is 3.32. The SMILES string of the molecule is N#Cc1ccccc1CN1C(=O)S/C(=C/c2cccnc2)C1=O. The first-order valence-electron chi connectivity index (χ1n) is 6.82. The van der Waals surface area contributed by atoms with E-state index in [1.54, 1.807) is 48.8 Å². The molecule has 1 aliphatic heterocycles. The fourth-order valence-electron chi connectivity index (χ4n) is 2.19. The predicted molar refractivity (Wildman–Crippen MR) is 86.9 cm³/mol. The molecule has 0 bridgehead atoms. The molecule has 0 unspecified atom stereocenters. The number of benzene rings is 1. The monoisotopic (exact) mass is 321 g/mol. The Balaban J connectivity index is 1.85. The lowest BCUT2D eigenvalue weighted by Gasteiger charge is -2.13. The number of amides is 2. The molecule has 0 spiro atoms. The van der Waals surface area contributed by atoms with Crippen molar-refractivity contribution in [3.8, 4) is 6.07 Å². The number of hydrogen-bond acceptors (Lipinski definition) is 5. The van der Waals surface area contributed by atoms with Crippen LogP contribution in [0.15, 0.2) is 53.7 Å². The molecule has 1 aromatic heterocycles. The number of hydrogen-bond donors (Lipinski definition) is 0. The lowest BCUT2D eigenvalue weighted by Crippen LogP contribution is -2.27. The van der Waals surface area contributed by atoms with E-state index in [0.29, 0.717) is 16.0 Å². The summed E-state index contributed by atoms with van der Waals surface area (Å²) in [6, 6.07) is 12.6. The van der Waals surface area contributed by atoms with Gasteiger partial charge in [0.1, 0.15) is 0 Å². The molecular formula is C17H11N3O2S. The number of aromatic nitrogens is 1. The molecule has 3 rings (SSSR count). The highest BCUT2D eigenvalue weighted by molar-refractivity contribution is 8.18. The smallest absolute Gasteiger partial charge is 0.268 e. The van der Waals surface area contributed by atoms with E-state index < -0.39 is 0 Å². The summed E-state index contributed by atoms with van der Waals surface area (Å²) in [4.78, 5) is 30.0. The van der Waals surface area contributed by atoms with Crippen LogP contribution in [0.5, 0.6) is 0 Å². The minimum Gasteiger partial charge on any atom is -0.268 e. The van der Waals surface area contributed by atoms with Crippen LogP contribution in [0.1, 0.15) is 16.7 Å². The Labute approximate surface area is 137 Å². The van der Waals surface area contributed by atoms with Gasteiger partial charge in [-0.15, -0.1) is 0 Å². The van der Waals surface area contributed by atoms with Gasteiger partial charge in [-0.3, -0.25) is 19.5 Å². The summed E-state index contributed by atoms with van der Waals surface area (Å²) in [6.45, 7) is 0.0960. The number of nitrogens with zero attached hydrogens (tertiary/aromatic N) is 3. The van der Waals surface area contributed by atoms with Crippen molar-refractivity contribution in [2.45, 2.75) is 6.54 Å². The van der Waals surface area contributed by atoms with Gasteiger partial charge in [-0.05, 0) is 41.1 Å². The molecule has 1 fully saturated rings. The van der Waals surface area contributed by atoms with E-state index in [1.165, 1.54) is 0 Å². The second-order valence-corrected chi connectivity index (χ2v) is 5.82. The number of imide groups is 1. The molecule has 112 valence electrons. The topological polar surface area (TPSA) is 74.1 Å². The van der Waals surface area contributed by atoms with E-state index in [-0.39, 0.29) is 17.7 Å². The summed E-state index contributed by atoms with van der Waals surface area (Å²) in [6.07, 6.45) is 4.91. The van der Waals surface area contributed by atoms with Crippen molar-refractivity contribution in [1.82, 2.24) is 9.88 Å². The van der Waals surface area contributed by atoms with E-state index >= 15 is 0 Å². The summed E-state index contributed by atoms with van der Waals surface area (Å²) in [7, 11) is 0. The quantitative estimate of drug-likeness (QED) is 0.812. The van der Waals surface area contributed by atoms with Crippen molar-refractivity contribution in [2.24, 2.45) is 0 Å². The van der Waals surface area contributed by atoms with Crippen LogP contribution >= 0.6 is 11.8 Å². The van der Waals surface area contributed by atoms with Gasteiger partial charge in [0.25, 0.3) is 11.1 Å². The largest absolute Gasteiger partial charge is 0.293 e. The first-order chi connectivity index (χ1) is 11.2. The van der Waals surface area contributed by atoms with Gasteiger partial charge in [0.05, 0.1) is 23.1 Å². The molecule has 0 radical (unpaired) electrons. The van der Waals surface area contributed by atoms with Gasteiger partial charge in [0, 0.05) is 12.4 Å². The van der Waals surface area contributed by atoms with Crippen molar-refractivity contribution in [2.75, 3.05) is 0 Å². The molecule has 1 aliphatic rings. The zero-order valence-electron chi connectivity index (χ0n) is 12.0. The normalized spacial score (nSPS) is 16.0. The standard InChI is InChI=1S/C17H11N3O2S/c18-9-13-5-1-2-6-14(13)11-20-16(21)15(23-17(20)22)8-12-4-3-7-19-10-12/h1-8,10H,11H2/b15-8+. The average molecular weight is 321 g/mol. The Morgan fingerprint density at radius 3 is 2.78 bits per heavy atom. The molecule has 1 saturated heterocycles. The number of nitriles is 1. The second-order valence-electron chi connectivity index (χ2n) is 4.82. The predicted octanol–water partition coefficient (Wildman–Crippen LogP) is 3.19. The van der Waals surface area contributed by atoms with Gasteiger partial charge in [0.15, 0.2) is 0 Å². The van der Waals surface area contributed by atoms with Gasteiger partial charge in [-0.1, -0.05) is 24.3 Å². The molecule has 6 heteroatoms. The number of pyridine rings is 1. The molecule has 2 heterocycles. The van der Waals surface area contributed by atoms with Crippen LogP contribution in [0.4, 0.5) is 4.79 Å². The maximum Gasteiger partial charge on any atom is 0.293 e. The van der Waals surface area contributed by atoms with Crippen molar-refractivity contribution < 1.29 is 9.59 Å². The maximum absolute atomic E-state index is 12.4. The van der Waals surface area contributed by atoms with Crippen LogP contribution in [0.25, 0.3) is 6.08 Å². The maximum atomic E-state index is 12.4. The summed E-state index contributed by atoms with van der Waals surface area (Å²) in [5.74, 6) is -0.350. The summed E-state index contributed by atoms with van der Waals surface area (Å²) < 4.78 is 0. The lowest BCUT2D eigenvalue weighted by atomic mass is 10.1. The highest BCUT2D eigenvalue weighted by atomic mass is 32.2. The lowest BCUT2D eigenvalue weighted by molar-refractivity contribution is -0.123. The Morgan fingerprint density at radius 1 is 1.22 bits per heavy atom. The molecule has 0 atom stereocenters. The first kappa shape index (κ1) is 15.0. The van der Waals surface area contributed by atoms with Crippen LogP contribution in [0.2, 0.25) is 0 Å². The van der Waals surface area contributed by atoms with Crippen LogP contribution < -0.4 is 0 Å². The van der Waals surface area contributed by atoms with E-state index in [4.69, 9.17) is 5.26 Å².